The molecule has 12 heteroatoms. The van der Waals surface area contributed by atoms with Crippen molar-refractivity contribution in [3.8, 4) is 0 Å². The smallest absolute Gasteiger partial charge is 0.191 e. The third-order valence-corrected chi connectivity index (χ3v) is 7.34. The highest BCUT2D eigenvalue weighted by molar-refractivity contribution is 7.98. The van der Waals surface area contributed by atoms with E-state index in [-0.39, 0.29) is 5.92 Å². The van der Waals surface area contributed by atoms with E-state index in [1.807, 2.05) is 6.92 Å². The lowest BCUT2D eigenvalue weighted by molar-refractivity contribution is 0.00992. The fourth-order valence-electron chi connectivity index (χ4n) is 3.57. The van der Waals surface area contributed by atoms with Crippen molar-refractivity contribution in [3.63, 3.8) is 0 Å². The monoisotopic (exact) mass is 551 g/mol. The van der Waals surface area contributed by atoms with Gasteiger partial charge >= 0.3 is 0 Å². The Bertz CT molecular complexity index is 1060. The molecule has 0 aromatic carbocycles. The zero-order valence-electron chi connectivity index (χ0n) is 22.0. The lowest BCUT2D eigenvalue weighted by Crippen LogP contribution is -2.15. The lowest BCUT2D eigenvalue weighted by atomic mass is 9.91. The first kappa shape index (κ1) is 29.2. The van der Waals surface area contributed by atoms with Gasteiger partial charge in [-0.3, -0.25) is 0 Å². The lowest BCUT2D eigenvalue weighted by Gasteiger charge is -2.24. The molecule has 0 fully saturated rings. The van der Waals surface area contributed by atoms with Crippen molar-refractivity contribution < 1.29 is 23.7 Å². The van der Waals surface area contributed by atoms with E-state index >= 15 is 0 Å². The van der Waals surface area contributed by atoms with Crippen LogP contribution in [-0.2, 0) is 29.4 Å². The summed E-state index contributed by atoms with van der Waals surface area (Å²) in [6.07, 6.45) is 2.80. The first-order valence-corrected chi connectivity index (χ1v) is 14.1. The van der Waals surface area contributed by atoms with E-state index < -0.39 is 0 Å². The highest BCUT2D eigenvalue weighted by Crippen LogP contribution is 2.39. The van der Waals surface area contributed by atoms with Gasteiger partial charge in [0.1, 0.15) is 29.0 Å². The molecule has 0 radical (unpaired) electrons. The summed E-state index contributed by atoms with van der Waals surface area (Å²) in [5, 5.41) is 1.53. The van der Waals surface area contributed by atoms with Gasteiger partial charge in [-0.25, -0.2) is 15.0 Å². The van der Waals surface area contributed by atoms with Gasteiger partial charge in [0.2, 0.25) is 0 Å². The number of anilines is 2. The Morgan fingerprint density at radius 3 is 2.35 bits per heavy atom. The number of hydrogen-bond donors (Lipinski definition) is 2. The van der Waals surface area contributed by atoms with Crippen LogP contribution in [0.3, 0.4) is 0 Å². The summed E-state index contributed by atoms with van der Waals surface area (Å²) < 4.78 is 27.9. The van der Waals surface area contributed by atoms with Crippen LogP contribution in [-0.4, -0.2) is 68.3 Å². The molecule has 37 heavy (non-hydrogen) atoms. The molecule has 1 unspecified atom stereocenters. The van der Waals surface area contributed by atoms with Gasteiger partial charge in [0.25, 0.3) is 0 Å². The maximum absolute atomic E-state index is 6.05. The number of hydrogen-bond acceptors (Lipinski definition) is 12. The van der Waals surface area contributed by atoms with Crippen LogP contribution < -0.4 is 11.5 Å². The Kier molecular flexibility index (Phi) is 11.9. The Balaban J connectivity index is 1.60. The molecule has 204 valence electrons. The SMILES string of the molecule is CCOC1=C(OCCOCCOCCOC)CC(C)C(c2nc(CSc3nc(N)cc(N)n3)c(C)s2)=C1. The number of allylic oxidation sites excluding steroid dienone is 3. The summed E-state index contributed by atoms with van der Waals surface area (Å²) in [6, 6.07) is 1.54. The van der Waals surface area contributed by atoms with E-state index in [2.05, 4.69) is 29.9 Å². The average molecular weight is 552 g/mol. The zero-order chi connectivity index (χ0) is 26.6. The van der Waals surface area contributed by atoms with Crippen LogP contribution in [0.5, 0.6) is 0 Å². The van der Waals surface area contributed by atoms with Crippen molar-refractivity contribution >= 4 is 40.3 Å². The quantitative estimate of drug-likeness (QED) is 0.177. The molecule has 4 N–H and O–H groups in total. The molecule has 0 spiro atoms. The second-order valence-corrected chi connectivity index (χ2v) is 10.4. The minimum atomic E-state index is 0.234. The van der Waals surface area contributed by atoms with Crippen molar-refractivity contribution in [2.24, 2.45) is 5.92 Å². The predicted molar refractivity (Wildman–Crippen MR) is 147 cm³/mol. The molecule has 0 saturated carbocycles. The van der Waals surface area contributed by atoms with Crippen molar-refractivity contribution in [3.05, 3.63) is 39.2 Å². The normalized spacial score (nSPS) is 15.7. The Labute approximate surface area is 226 Å². The van der Waals surface area contributed by atoms with Crippen LogP contribution in [0.4, 0.5) is 11.6 Å². The molecule has 1 aliphatic carbocycles. The van der Waals surface area contributed by atoms with Gasteiger partial charge in [-0.15, -0.1) is 11.3 Å². The molecule has 2 aromatic rings. The standard InChI is InChI=1S/C25H37N5O5S2/c1-5-34-21-13-18(16(2)12-20(21)35-11-10-33-9-8-32-7-6-31-4)24-28-19(17(3)37-24)15-36-25-29-22(26)14-23(27)30-25/h13-14,16H,5-12,15H2,1-4H3,(H4,26,27,29,30). The third-order valence-electron chi connectivity index (χ3n) is 5.41. The molecule has 2 heterocycles. The van der Waals surface area contributed by atoms with E-state index in [4.69, 9.17) is 40.1 Å². The van der Waals surface area contributed by atoms with Crippen molar-refractivity contribution in [2.45, 2.75) is 38.1 Å². The topological polar surface area (TPSA) is 137 Å². The van der Waals surface area contributed by atoms with Crippen LogP contribution in [0.1, 0.15) is 35.8 Å². The number of rotatable bonds is 16. The minimum absolute atomic E-state index is 0.234. The molecule has 3 rings (SSSR count). The van der Waals surface area contributed by atoms with Crippen LogP contribution in [0.2, 0.25) is 0 Å². The highest BCUT2D eigenvalue weighted by atomic mass is 32.2. The molecule has 0 amide bonds. The Hall–Kier alpha value is -2.38. The molecular formula is C25H37N5O5S2. The summed E-state index contributed by atoms with van der Waals surface area (Å²) in [5.41, 5.74) is 13.7. The zero-order valence-corrected chi connectivity index (χ0v) is 23.6. The van der Waals surface area contributed by atoms with E-state index in [1.54, 1.807) is 24.5 Å². The predicted octanol–water partition coefficient (Wildman–Crippen LogP) is 4.07. The fourth-order valence-corrected chi connectivity index (χ4v) is 5.60. The van der Waals surface area contributed by atoms with Crippen LogP contribution in [0, 0.1) is 12.8 Å². The average Bonchev–Trinajstić information content (AvgIpc) is 3.22. The van der Waals surface area contributed by atoms with Gasteiger partial charge in [-0.05, 0) is 31.4 Å². The molecule has 1 aliphatic rings. The summed E-state index contributed by atoms with van der Waals surface area (Å²) in [6.45, 7) is 9.92. The van der Waals surface area contributed by atoms with Gasteiger partial charge in [0.05, 0.1) is 45.3 Å². The first-order chi connectivity index (χ1) is 17.9. The summed E-state index contributed by atoms with van der Waals surface area (Å²) in [4.78, 5) is 14.6. The molecule has 1 atom stereocenters. The number of thiazole rings is 1. The number of thioether (sulfide) groups is 1. The maximum Gasteiger partial charge on any atom is 0.191 e. The second kappa shape index (κ2) is 15.1. The highest BCUT2D eigenvalue weighted by Gasteiger charge is 2.26. The second-order valence-electron chi connectivity index (χ2n) is 8.30. The van der Waals surface area contributed by atoms with Gasteiger partial charge in [-0.2, -0.15) is 0 Å². The largest absolute Gasteiger partial charge is 0.492 e. The van der Waals surface area contributed by atoms with Crippen LogP contribution in [0.25, 0.3) is 5.57 Å². The van der Waals surface area contributed by atoms with Gasteiger partial charge in [-0.1, -0.05) is 18.7 Å². The van der Waals surface area contributed by atoms with Gasteiger partial charge in [0, 0.05) is 30.2 Å². The van der Waals surface area contributed by atoms with Crippen molar-refractivity contribution in [1.29, 1.82) is 0 Å². The van der Waals surface area contributed by atoms with E-state index in [1.165, 1.54) is 11.8 Å². The van der Waals surface area contributed by atoms with Crippen LogP contribution >= 0.6 is 23.1 Å². The molecule has 10 nitrogen and oxygen atoms in total. The number of methoxy groups -OCH3 is 1. The number of aryl methyl sites for hydroxylation is 1. The number of nitrogens with zero attached hydrogens (tertiary/aromatic N) is 3. The van der Waals surface area contributed by atoms with Gasteiger partial charge < -0.3 is 35.2 Å². The fraction of sp³-hybridized carbons (Fsp3) is 0.560. The summed E-state index contributed by atoms with van der Waals surface area (Å²) in [5.74, 6) is 3.19. The number of nitrogen functional groups attached to an aromatic ring is 2. The third kappa shape index (κ3) is 9.15. The summed E-state index contributed by atoms with van der Waals surface area (Å²) >= 11 is 3.15. The van der Waals surface area contributed by atoms with E-state index in [9.17, 15) is 0 Å². The van der Waals surface area contributed by atoms with Crippen LogP contribution in [0.15, 0.2) is 28.8 Å². The number of ether oxygens (including phenoxy) is 5. The molecule has 0 bridgehead atoms. The summed E-state index contributed by atoms with van der Waals surface area (Å²) in [7, 11) is 1.65. The van der Waals surface area contributed by atoms with Crippen molar-refractivity contribution in [2.75, 3.05) is 64.8 Å². The Morgan fingerprint density at radius 1 is 1.00 bits per heavy atom. The molecular weight excluding hydrogens is 514 g/mol. The first-order valence-electron chi connectivity index (χ1n) is 12.3. The minimum Gasteiger partial charge on any atom is -0.492 e. The molecule has 0 saturated heterocycles. The van der Waals surface area contributed by atoms with Crippen molar-refractivity contribution in [1.82, 2.24) is 15.0 Å². The maximum atomic E-state index is 6.05. The molecule has 0 aliphatic heterocycles. The number of nitrogens with two attached hydrogens (primary N) is 2. The number of aromatic nitrogens is 3. The van der Waals surface area contributed by atoms with E-state index in [0.717, 1.165) is 39.1 Å². The molecule has 2 aromatic heterocycles. The Morgan fingerprint density at radius 2 is 1.68 bits per heavy atom. The van der Waals surface area contributed by atoms with Gasteiger partial charge in [0.15, 0.2) is 10.9 Å². The van der Waals surface area contributed by atoms with E-state index in [0.29, 0.717) is 68.8 Å².